The van der Waals surface area contributed by atoms with Crippen LogP contribution in [0.5, 0.6) is 0 Å². The van der Waals surface area contributed by atoms with Crippen LogP contribution in [0.3, 0.4) is 0 Å². The number of carbonyl (C=O) groups excluding carboxylic acids is 3. The number of carbonyl (C=O) groups is 4. The van der Waals surface area contributed by atoms with Gasteiger partial charge in [0.15, 0.2) is 6.04 Å². The van der Waals surface area contributed by atoms with Crippen LogP contribution in [0.15, 0.2) is 0 Å². The highest BCUT2D eigenvalue weighted by molar-refractivity contribution is 7.80. The third kappa shape index (κ3) is 7.81. The molecule has 0 spiro atoms. The first kappa shape index (κ1) is 21.1. The molecule has 0 aliphatic heterocycles. The van der Waals surface area contributed by atoms with Crippen molar-refractivity contribution in [2.45, 2.75) is 38.1 Å². The summed E-state index contributed by atoms with van der Waals surface area (Å²) in [6.07, 6.45) is -1.30. The Morgan fingerprint density at radius 3 is 2.09 bits per heavy atom. The average Bonchev–Trinajstić information content (AvgIpc) is 2.46. The van der Waals surface area contributed by atoms with Gasteiger partial charge in [0.2, 0.25) is 17.7 Å². The Kier molecular flexibility index (Phi) is 9.22. The summed E-state index contributed by atoms with van der Waals surface area (Å²) in [7, 11) is 0. The number of hydrogen-bond acceptors (Lipinski definition) is 7. The fourth-order valence-electron chi connectivity index (χ4n) is 1.40. The summed E-state index contributed by atoms with van der Waals surface area (Å²) < 4.78 is 0. The van der Waals surface area contributed by atoms with E-state index in [4.69, 9.17) is 10.8 Å². The Morgan fingerprint density at radius 2 is 1.70 bits per heavy atom. The number of rotatable bonds is 9. The van der Waals surface area contributed by atoms with E-state index in [9.17, 15) is 24.3 Å². The smallest absolute Gasteiger partial charge is 0.328 e. The van der Waals surface area contributed by atoms with E-state index in [0.717, 1.165) is 0 Å². The molecule has 0 rings (SSSR count). The lowest BCUT2D eigenvalue weighted by molar-refractivity contribution is -0.144. The van der Waals surface area contributed by atoms with Crippen molar-refractivity contribution in [2.75, 3.05) is 12.3 Å². The van der Waals surface area contributed by atoms with Gasteiger partial charge in [-0.05, 0) is 13.8 Å². The molecule has 23 heavy (non-hydrogen) atoms. The van der Waals surface area contributed by atoms with Gasteiger partial charge < -0.3 is 31.9 Å². The molecule has 0 heterocycles. The number of nitrogens with one attached hydrogen (secondary N) is 3. The molecule has 4 atom stereocenters. The highest BCUT2D eigenvalue weighted by Crippen LogP contribution is 1.93. The molecule has 0 aromatic carbocycles. The third-order valence-corrected chi connectivity index (χ3v) is 3.08. The summed E-state index contributed by atoms with van der Waals surface area (Å²) in [5, 5.41) is 24.7. The van der Waals surface area contributed by atoms with E-state index in [0.29, 0.717) is 0 Å². The van der Waals surface area contributed by atoms with Gasteiger partial charge in [-0.15, -0.1) is 0 Å². The van der Waals surface area contributed by atoms with Crippen LogP contribution < -0.4 is 21.7 Å². The zero-order valence-corrected chi connectivity index (χ0v) is 13.7. The lowest BCUT2D eigenvalue weighted by Gasteiger charge is -2.19. The van der Waals surface area contributed by atoms with E-state index in [-0.39, 0.29) is 5.75 Å². The molecule has 3 amide bonds. The predicted molar refractivity (Wildman–Crippen MR) is 83.7 cm³/mol. The molecule has 4 unspecified atom stereocenters. The molecule has 11 heteroatoms. The fourth-order valence-corrected chi connectivity index (χ4v) is 1.66. The number of aliphatic carboxylic acids is 1. The SMILES string of the molecule is CC(N)C(=O)NC(CS)C(=O)NCC(=O)NC(C(=O)O)C(C)O. The Labute approximate surface area is 138 Å². The van der Waals surface area contributed by atoms with E-state index >= 15 is 0 Å². The summed E-state index contributed by atoms with van der Waals surface area (Å²) in [5.41, 5.74) is 5.36. The van der Waals surface area contributed by atoms with Gasteiger partial charge >= 0.3 is 5.97 Å². The number of amides is 3. The van der Waals surface area contributed by atoms with Gasteiger partial charge in [0.05, 0.1) is 18.7 Å². The first-order valence-corrected chi connectivity index (χ1v) is 7.38. The first-order valence-electron chi connectivity index (χ1n) is 6.74. The number of carboxylic acid groups (broad SMARTS) is 1. The minimum absolute atomic E-state index is 0.0165. The van der Waals surface area contributed by atoms with Crippen LogP contribution in [0.25, 0.3) is 0 Å². The van der Waals surface area contributed by atoms with Crippen molar-refractivity contribution in [2.24, 2.45) is 5.73 Å². The van der Waals surface area contributed by atoms with Crippen molar-refractivity contribution in [3.63, 3.8) is 0 Å². The molecule has 0 bridgehead atoms. The predicted octanol–water partition coefficient (Wildman–Crippen LogP) is -3.19. The van der Waals surface area contributed by atoms with Gasteiger partial charge in [0.1, 0.15) is 6.04 Å². The molecule has 0 saturated heterocycles. The summed E-state index contributed by atoms with van der Waals surface area (Å²) in [5.74, 6) is -3.45. The molecule has 0 aromatic heterocycles. The van der Waals surface area contributed by atoms with Crippen molar-refractivity contribution in [1.82, 2.24) is 16.0 Å². The zero-order valence-electron chi connectivity index (χ0n) is 12.8. The molecule has 0 fully saturated rings. The Morgan fingerprint density at radius 1 is 1.13 bits per heavy atom. The van der Waals surface area contributed by atoms with Crippen molar-refractivity contribution >= 4 is 36.3 Å². The van der Waals surface area contributed by atoms with Crippen molar-refractivity contribution in [3.8, 4) is 0 Å². The molecule has 0 aliphatic rings. The quantitative estimate of drug-likeness (QED) is 0.215. The standard InChI is InChI=1S/C12H22N4O6S/c1-5(13)10(19)15-7(4-23)11(20)14-3-8(18)16-9(6(2)17)12(21)22/h5-7,9,17,23H,3-4,13H2,1-2H3,(H,14,20)(H,15,19)(H,16,18)(H,21,22). The highest BCUT2D eigenvalue weighted by Gasteiger charge is 2.26. The van der Waals surface area contributed by atoms with Gasteiger partial charge in [-0.2, -0.15) is 12.6 Å². The molecule has 0 saturated carbocycles. The van der Waals surface area contributed by atoms with E-state index in [1.165, 1.54) is 13.8 Å². The van der Waals surface area contributed by atoms with Crippen LogP contribution >= 0.6 is 12.6 Å². The molecule has 0 aromatic rings. The molecule has 132 valence electrons. The zero-order chi connectivity index (χ0) is 18.2. The number of thiol groups is 1. The number of nitrogens with two attached hydrogens (primary N) is 1. The van der Waals surface area contributed by atoms with Gasteiger partial charge in [0.25, 0.3) is 0 Å². The Balaban J connectivity index is 4.47. The van der Waals surface area contributed by atoms with Gasteiger partial charge in [-0.3, -0.25) is 14.4 Å². The summed E-state index contributed by atoms with van der Waals surface area (Å²) in [6, 6.07) is -3.29. The van der Waals surface area contributed by atoms with Crippen LogP contribution in [-0.2, 0) is 19.2 Å². The maximum atomic E-state index is 11.8. The maximum Gasteiger partial charge on any atom is 0.328 e. The van der Waals surface area contributed by atoms with Gasteiger partial charge in [-0.25, -0.2) is 4.79 Å². The monoisotopic (exact) mass is 350 g/mol. The van der Waals surface area contributed by atoms with Crippen LogP contribution in [0, 0.1) is 0 Å². The second kappa shape index (κ2) is 10.0. The van der Waals surface area contributed by atoms with Gasteiger partial charge in [0, 0.05) is 5.75 Å². The van der Waals surface area contributed by atoms with Crippen LogP contribution in [0.2, 0.25) is 0 Å². The van der Waals surface area contributed by atoms with E-state index in [1.54, 1.807) is 0 Å². The van der Waals surface area contributed by atoms with Crippen molar-refractivity contribution < 1.29 is 29.4 Å². The topological polar surface area (TPSA) is 171 Å². The summed E-state index contributed by atoms with van der Waals surface area (Å²) in [6.45, 7) is 2.13. The fraction of sp³-hybridized carbons (Fsp3) is 0.667. The number of carboxylic acids is 1. The second-order valence-electron chi connectivity index (χ2n) is 4.87. The molecule has 0 radical (unpaired) electrons. The van der Waals surface area contributed by atoms with E-state index < -0.39 is 54.5 Å². The molecule has 7 N–H and O–H groups in total. The number of aliphatic hydroxyl groups excluding tert-OH is 1. The van der Waals surface area contributed by atoms with E-state index in [1.807, 2.05) is 0 Å². The van der Waals surface area contributed by atoms with Crippen molar-refractivity contribution in [1.29, 1.82) is 0 Å². The third-order valence-electron chi connectivity index (χ3n) is 2.72. The Bertz CT molecular complexity index is 457. The number of aliphatic hydroxyl groups is 1. The normalized spacial score (nSPS) is 15.7. The average molecular weight is 350 g/mol. The minimum atomic E-state index is -1.49. The van der Waals surface area contributed by atoms with Gasteiger partial charge in [-0.1, -0.05) is 0 Å². The van der Waals surface area contributed by atoms with E-state index in [2.05, 4.69) is 28.6 Å². The summed E-state index contributed by atoms with van der Waals surface area (Å²) in [4.78, 5) is 45.7. The second-order valence-corrected chi connectivity index (χ2v) is 5.24. The molecule has 0 aliphatic carbocycles. The largest absolute Gasteiger partial charge is 0.480 e. The number of hydrogen-bond donors (Lipinski definition) is 7. The molecular weight excluding hydrogens is 328 g/mol. The highest BCUT2D eigenvalue weighted by atomic mass is 32.1. The Hall–Kier alpha value is -1.85. The first-order chi connectivity index (χ1) is 10.6. The summed E-state index contributed by atoms with van der Waals surface area (Å²) >= 11 is 3.92. The minimum Gasteiger partial charge on any atom is -0.480 e. The maximum absolute atomic E-state index is 11.8. The lowest BCUT2D eigenvalue weighted by atomic mass is 10.2. The molecule has 10 nitrogen and oxygen atoms in total. The lowest BCUT2D eigenvalue weighted by Crippen LogP contribution is -2.54. The van der Waals surface area contributed by atoms with Crippen LogP contribution in [-0.4, -0.2) is 70.4 Å². The molecular formula is C12H22N4O6S. The van der Waals surface area contributed by atoms with Crippen LogP contribution in [0.1, 0.15) is 13.8 Å². The van der Waals surface area contributed by atoms with Crippen LogP contribution in [0.4, 0.5) is 0 Å². The van der Waals surface area contributed by atoms with Crippen molar-refractivity contribution in [3.05, 3.63) is 0 Å².